The zero-order chi connectivity index (χ0) is 15.2. The van der Waals surface area contributed by atoms with E-state index < -0.39 is 12.1 Å². The van der Waals surface area contributed by atoms with Crippen molar-refractivity contribution >= 4 is 17.7 Å². The molecule has 2 N–H and O–H groups in total. The van der Waals surface area contributed by atoms with Gasteiger partial charge < -0.3 is 10.2 Å². The Balaban J connectivity index is 2.31. The van der Waals surface area contributed by atoms with Crippen molar-refractivity contribution in [1.82, 2.24) is 14.8 Å². The Bertz CT molecular complexity index is 599. The highest BCUT2D eigenvalue weighted by molar-refractivity contribution is 7.99. The summed E-state index contributed by atoms with van der Waals surface area (Å²) < 4.78 is 1.84. The molecule has 0 saturated carbocycles. The molecule has 2 aromatic rings. The third-order valence-corrected chi connectivity index (χ3v) is 3.74. The van der Waals surface area contributed by atoms with Gasteiger partial charge in [-0.25, -0.2) is 0 Å². The molecule has 0 radical (unpaired) electrons. The molecule has 0 bridgehead atoms. The lowest BCUT2D eigenvalue weighted by Crippen LogP contribution is -2.08. The van der Waals surface area contributed by atoms with E-state index in [1.165, 1.54) is 0 Å². The van der Waals surface area contributed by atoms with Gasteiger partial charge in [-0.05, 0) is 25.5 Å². The number of benzene rings is 1. The number of hydrogen-bond donors (Lipinski definition) is 2. The van der Waals surface area contributed by atoms with Crippen LogP contribution in [0.2, 0.25) is 0 Å². The summed E-state index contributed by atoms with van der Waals surface area (Å²) in [6.07, 6.45) is 0.739. The van der Waals surface area contributed by atoms with Crippen LogP contribution in [0.15, 0.2) is 35.5 Å². The van der Waals surface area contributed by atoms with E-state index >= 15 is 0 Å². The number of aryl methyl sites for hydroxylation is 1. The molecule has 6 nitrogen and oxygen atoms in total. The Morgan fingerprint density at radius 2 is 2.05 bits per heavy atom. The summed E-state index contributed by atoms with van der Waals surface area (Å²) in [5.41, 5.74) is 0.885. The van der Waals surface area contributed by atoms with Crippen molar-refractivity contribution in [3.8, 4) is 5.69 Å². The molecule has 1 unspecified atom stereocenters. The third-order valence-electron chi connectivity index (χ3n) is 2.83. The molecule has 0 aliphatic heterocycles. The molecule has 1 aromatic heterocycles. The average molecular weight is 307 g/mol. The van der Waals surface area contributed by atoms with Gasteiger partial charge in [0.1, 0.15) is 5.82 Å². The first-order chi connectivity index (χ1) is 10.1. The first kappa shape index (κ1) is 15.5. The summed E-state index contributed by atoms with van der Waals surface area (Å²) in [5, 5.41) is 27.0. The second kappa shape index (κ2) is 7.24. The summed E-state index contributed by atoms with van der Waals surface area (Å²) in [4.78, 5) is 10.7. The highest BCUT2D eigenvalue weighted by atomic mass is 32.2. The predicted molar refractivity (Wildman–Crippen MR) is 79.7 cm³/mol. The fraction of sp³-hybridized carbons (Fsp3) is 0.357. The van der Waals surface area contributed by atoms with Crippen LogP contribution in [-0.4, -0.2) is 42.8 Å². The van der Waals surface area contributed by atoms with Gasteiger partial charge in [-0.1, -0.05) is 30.0 Å². The molecule has 0 saturated heterocycles. The molecule has 1 aromatic carbocycles. The number of aromatic nitrogens is 3. The van der Waals surface area contributed by atoms with E-state index in [4.69, 9.17) is 5.11 Å². The number of carbonyl (C=O) groups is 1. The van der Waals surface area contributed by atoms with Gasteiger partial charge >= 0.3 is 5.97 Å². The second-order valence-corrected chi connectivity index (χ2v) is 5.58. The smallest absolute Gasteiger partial charge is 0.313 e. The maximum Gasteiger partial charge on any atom is 0.313 e. The van der Waals surface area contributed by atoms with Crippen molar-refractivity contribution in [2.24, 2.45) is 0 Å². The van der Waals surface area contributed by atoms with Crippen molar-refractivity contribution in [3.63, 3.8) is 0 Å². The monoisotopic (exact) mass is 307 g/mol. The highest BCUT2D eigenvalue weighted by Crippen LogP contribution is 2.22. The topological polar surface area (TPSA) is 88.2 Å². The maximum absolute atomic E-state index is 10.7. The second-order valence-electron chi connectivity index (χ2n) is 4.64. The molecule has 0 spiro atoms. The van der Waals surface area contributed by atoms with Crippen molar-refractivity contribution in [2.75, 3.05) is 5.75 Å². The van der Waals surface area contributed by atoms with Crippen LogP contribution in [0.4, 0.5) is 0 Å². The predicted octanol–water partition coefficient (Wildman–Crippen LogP) is 1.76. The summed E-state index contributed by atoms with van der Waals surface area (Å²) in [6, 6.07) is 9.55. The molecule has 7 heteroatoms. The van der Waals surface area contributed by atoms with E-state index in [1.807, 2.05) is 34.9 Å². The number of aliphatic carboxylic acids is 1. The van der Waals surface area contributed by atoms with Gasteiger partial charge in [-0.3, -0.25) is 9.36 Å². The third kappa shape index (κ3) is 4.30. The maximum atomic E-state index is 10.7. The van der Waals surface area contributed by atoms with Crippen LogP contribution in [0.5, 0.6) is 0 Å². The number of nitrogens with zero attached hydrogens (tertiary/aromatic N) is 3. The Hall–Kier alpha value is -1.86. The molecule has 0 fully saturated rings. The zero-order valence-corrected chi connectivity index (χ0v) is 12.5. The summed E-state index contributed by atoms with van der Waals surface area (Å²) in [7, 11) is 0. The molecule has 1 atom stereocenters. The first-order valence-electron chi connectivity index (χ1n) is 6.60. The van der Waals surface area contributed by atoms with Gasteiger partial charge in [0.25, 0.3) is 0 Å². The molecule has 0 aliphatic carbocycles. The Morgan fingerprint density at radius 1 is 1.33 bits per heavy atom. The number of aliphatic hydroxyl groups excluding tert-OH is 1. The van der Waals surface area contributed by atoms with Crippen LogP contribution < -0.4 is 0 Å². The van der Waals surface area contributed by atoms with E-state index in [9.17, 15) is 9.90 Å². The van der Waals surface area contributed by atoms with Gasteiger partial charge in [-0.2, -0.15) is 0 Å². The van der Waals surface area contributed by atoms with Crippen LogP contribution in [0, 0.1) is 0 Å². The average Bonchev–Trinajstić information content (AvgIpc) is 2.86. The molecular formula is C14H17N3O3S. The van der Waals surface area contributed by atoms with E-state index in [0.717, 1.165) is 23.3 Å². The molecule has 0 amide bonds. The summed E-state index contributed by atoms with van der Waals surface area (Å²) in [5.74, 6) is -0.246. The van der Waals surface area contributed by atoms with E-state index in [1.54, 1.807) is 6.92 Å². The number of hydrogen-bond acceptors (Lipinski definition) is 5. The van der Waals surface area contributed by atoms with Gasteiger partial charge in [0.2, 0.25) is 0 Å². The fourth-order valence-electron chi connectivity index (χ4n) is 1.86. The van der Waals surface area contributed by atoms with E-state index in [0.29, 0.717) is 18.0 Å². The minimum Gasteiger partial charge on any atom is -0.481 e. The van der Waals surface area contributed by atoms with Crippen LogP contribution in [0.1, 0.15) is 19.2 Å². The van der Waals surface area contributed by atoms with Gasteiger partial charge in [-0.15, -0.1) is 10.2 Å². The minimum atomic E-state index is -0.895. The normalized spacial score (nSPS) is 12.3. The number of rotatable bonds is 7. The molecule has 21 heavy (non-hydrogen) atoms. The number of carboxylic acid groups (broad SMARTS) is 1. The number of para-hydroxylation sites is 1. The standard InChI is InChI=1S/C14H17N3O3S/c1-10(18)7-8-12-15-16-14(21-9-13(19)20)17(12)11-5-3-2-4-6-11/h2-6,10,18H,7-9H2,1H3,(H,19,20). The lowest BCUT2D eigenvalue weighted by Gasteiger charge is -2.10. The fourth-order valence-corrected chi connectivity index (χ4v) is 2.55. The van der Waals surface area contributed by atoms with Crippen LogP contribution in [-0.2, 0) is 11.2 Å². The molecular weight excluding hydrogens is 290 g/mol. The molecule has 0 aliphatic rings. The summed E-state index contributed by atoms with van der Waals surface area (Å²) >= 11 is 1.13. The molecule has 2 rings (SSSR count). The number of carboxylic acids is 1. The van der Waals surface area contributed by atoms with Crippen LogP contribution in [0.3, 0.4) is 0 Å². The van der Waals surface area contributed by atoms with Gasteiger partial charge in [0.05, 0.1) is 11.9 Å². The zero-order valence-electron chi connectivity index (χ0n) is 11.6. The molecule has 1 heterocycles. The van der Waals surface area contributed by atoms with Crippen LogP contribution >= 0.6 is 11.8 Å². The van der Waals surface area contributed by atoms with Gasteiger partial charge in [0, 0.05) is 12.1 Å². The quantitative estimate of drug-likeness (QED) is 0.758. The Morgan fingerprint density at radius 3 is 2.67 bits per heavy atom. The highest BCUT2D eigenvalue weighted by Gasteiger charge is 2.15. The van der Waals surface area contributed by atoms with E-state index in [2.05, 4.69) is 10.2 Å². The number of aliphatic hydroxyl groups is 1. The lowest BCUT2D eigenvalue weighted by molar-refractivity contribution is -0.133. The van der Waals surface area contributed by atoms with Crippen molar-refractivity contribution in [1.29, 1.82) is 0 Å². The van der Waals surface area contributed by atoms with E-state index in [-0.39, 0.29) is 5.75 Å². The lowest BCUT2D eigenvalue weighted by atomic mass is 10.2. The largest absolute Gasteiger partial charge is 0.481 e. The van der Waals surface area contributed by atoms with Crippen molar-refractivity contribution < 1.29 is 15.0 Å². The summed E-state index contributed by atoms with van der Waals surface area (Å²) in [6.45, 7) is 1.73. The molecule has 112 valence electrons. The Labute approximate surface area is 126 Å². The van der Waals surface area contributed by atoms with Crippen molar-refractivity contribution in [2.45, 2.75) is 31.0 Å². The van der Waals surface area contributed by atoms with Gasteiger partial charge in [0.15, 0.2) is 5.16 Å². The SMILES string of the molecule is CC(O)CCc1nnc(SCC(=O)O)n1-c1ccccc1. The number of thioether (sulfide) groups is 1. The first-order valence-corrected chi connectivity index (χ1v) is 7.59. The Kier molecular flexibility index (Phi) is 5.35. The van der Waals surface area contributed by atoms with Crippen molar-refractivity contribution in [3.05, 3.63) is 36.2 Å². The minimum absolute atomic E-state index is 0.0681. The van der Waals surface area contributed by atoms with Crippen LogP contribution in [0.25, 0.3) is 5.69 Å².